The number of amides is 1. The molecule has 0 bridgehead atoms. The van der Waals surface area contributed by atoms with Crippen LogP contribution in [0.4, 0.5) is 0 Å². The number of hydrogen-bond donors (Lipinski definition) is 1. The van der Waals surface area contributed by atoms with Crippen LogP contribution in [-0.4, -0.2) is 20.9 Å². The van der Waals surface area contributed by atoms with Crippen LogP contribution in [-0.2, 0) is 19.4 Å². The fourth-order valence-electron chi connectivity index (χ4n) is 3.71. The van der Waals surface area contributed by atoms with Gasteiger partial charge in [-0.25, -0.2) is 4.68 Å². The number of aromatic nitrogens is 3. The third kappa shape index (κ3) is 3.50. The topological polar surface area (TPSA) is 59.8 Å². The largest absolute Gasteiger partial charge is 0.344 e. The van der Waals surface area contributed by atoms with Gasteiger partial charge in [0.1, 0.15) is 0 Å². The Morgan fingerprint density at radius 3 is 2.67 bits per heavy atom. The summed E-state index contributed by atoms with van der Waals surface area (Å²) in [5.74, 6) is -0.151. The summed E-state index contributed by atoms with van der Waals surface area (Å²) in [4.78, 5) is 12.8. The highest BCUT2D eigenvalue weighted by Crippen LogP contribution is 2.30. The second-order valence-electron chi connectivity index (χ2n) is 7.11. The van der Waals surface area contributed by atoms with E-state index in [-0.39, 0.29) is 11.9 Å². The Balaban J connectivity index is 1.47. The van der Waals surface area contributed by atoms with Crippen molar-refractivity contribution < 1.29 is 4.79 Å². The molecule has 0 fully saturated rings. The first-order valence-electron chi connectivity index (χ1n) is 9.52. The van der Waals surface area contributed by atoms with Crippen molar-refractivity contribution in [3.8, 4) is 0 Å². The van der Waals surface area contributed by atoms with Gasteiger partial charge in [-0.1, -0.05) is 60.7 Å². The molecule has 0 aliphatic heterocycles. The van der Waals surface area contributed by atoms with Gasteiger partial charge in [0.05, 0.1) is 18.3 Å². The highest BCUT2D eigenvalue weighted by Gasteiger charge is 2.26. The van der Waals surface area contributed by atoms with Crippen molar-refractivity contribution in [3.63, 3.8) is 0 Å². The van der Waals surface area contributed by atoms with Gasteiger partial charge in [0.25, 0.3) is 5.91 Å². The summed E-state index contributed by atoms with van der Waals surface area (Å²) >= 11 is 0. The van der Waals surface area contributed by atoms with Crippen LogP contribution in [0.15, 0.2) is 48.5 Å². The van der Waals surface area contributed by atoms with Crippen molar-refractivity contribution in [1.82, 2.24) is 20.3 Å². The van der Waals surface area contributed by atoms with Gasteiger partial charge in [-0.3, -0.25) is 4.79 Å². The first-order chi connectivity index (χ1) is 13.2. The van der Waals surface area contributed by atoms with Gasteiger partial charge < -0.3 is 5.32 Å². The minimum absolute atomic E-state index is 0.0554. The van der Waals surface area contributed by atoms with Crippen LogP contribution in [0.1, 0.15) is 57.8 Å². The highest BCUT2D eigenvalue weighted by molar-refractivity contribution is 5.93. The third-order valence-corrected chi connectivity index (χ3v) is 5.40. The smallest absolute Gasteiger partial charge is 0.274 e. The van der Waals surface area contributed by atoms with Crippen LogP contribution in [0.2, 0.25) is 0 Å². The zero-order valence-electron chi connectivity index (χ0n) is 15.8. The average molecular weight is 360 g/mol. The minimum Gasteiger partial charge on any atom is -0.344 e. The molecule has 0 saturated heterocycles. The summed E-state index contributed by atoms with van der Waals surface area (Å²) in [7, 11) is 0. The van der Waals surface area contributed by atoms with Crippen molar-refractivity contribution in [2.75, 3.05) is 0 Å². The van der Waals surface area contributed by atoms with Crippen molar-refractivity contribution in [2.45, 2.75) is 45.7 Å². The molecule has 0 radical (unpaired) electrons. The quantitative estimate of drug-likeness (QED) is 0.756. The van der Waals surface area contributed by atoms with E-state index in [0.29, 0.717) is 12.2 Å². The van der Waals surface area contributed by atoms with E-state index in [2.05, 4.69) is 59.0 Å². The summed E-state index contributed by atoms with van der Waals surface area (Å²) in [6.07, 6.45) is 2.96. The molecule has 0 unspecified atom stereocenters. The van der Waals surface area contributed by atoms with Crippen molar-refractivity contribution >= 4 is 5.91 Å². The number of nitrogens with one attached hydrogen (secondary N) is 1. The van der Waals surface area contributed by atoms with E-state index >= 15 is 0 Å². The highest BCUT2D eigenvalue weighted by atomic mass is 16.2. The van der Waals surface area contributed by atoms with Gasteiger partial charge in [0.2, 0.25) is 0 Å². The van der Waals surface area contributed by atoms with E-state index < -0.39 is 0 Å². The normalized spacial score (nSPS) is 15.6. The van der Waals surface area contributed by atoms with E-state index in [9.17, 15) is 4.79 Å². The zero-order valence-corrected chi connectivity index (χ0v) is 15.8. The fourth-order valence-corrected chi connectivity index (χ4v) is 3.71. The molecule has 1 aliphatic carbocycles. The lowest BCUT2D eigenvalue weighted by Gasteiger charge is -2.13. The molecular weight excluding hydrogens is 336 g/mol. The summed E-state index contributed by atoms with van der Waals surface area (Å²) in [6, 6.07) is 16.8. The molecule has 1 aliphatic rings. The first kappa shape index (κ1) is 17.5. The molecule has 0 spiro atoms. The van der Waals surface area contributed by atoms with Crippen LogP contribution in [0, 0.1) is 6.92 Å². The molecule has 5 nitrogen and oxygen atoms in total. The van der Waals surface area contributed by atoms with Gasteiger partial charge in [0.15, 0.2) is 5.69 Å². The molecule has 1 heterocycles. The van der Waals surface area contributed by atoms with Crippen molar-refractivity contribution in [3.05, 3.63) is 82.2 Å². The molecule has 2 aromatic carbocycles. The summed E-state index contributed by atoms with van der Waals surface area (Å²) < 4.78 is 1.79. The standard InChI is InChI=1S/C22H24N4O/c1-3-16-8-10-17(11-9-16)14-26-15(2)21(24-25-26)22(27)23-20-13-12-18-6-4-5-7-19(18)20/h4-11,20H,3,12-14H2,1-2H3,(H,23,27)/t20-/m1/s1. The SMILES string of the molecule is CCc1ccc(Cn2nnc(C(=O)N[C@@H]3CCc4ccccc43)c2C)cc1. The Hall–Kier alpha value is -2.95. The molecule has 1 atom stereocenters. The van der Waals surface area contributed by atoms with Crippen LogP contribution in [0.25, 0.3) is 0 Å². The number of aryl methyl sites for hydroxylation is 2. The maximum Gasteiger partial charge on any atom is 0.274 e. The lowest BCUT2D eigenvalue weighted by molar-refractivity contribution is 0.0931. The summed E-state index contributed by atoms with van der Waals surface area (Å²) in [5, 5.41) is 11.5. The van der Waals surface area contributed by atoms with Gasteiger partial charge in [0, 0.05) is 0 Å². The maximum absolute atomic E-state index is 12.8. The van der Waals surface area contributed by atoms with Gasteiger partial charge in [-0.15, -0.1) is 5.10 Å². The molecule has 4 rings (SSSR count). The van der Waals surface area contributed by atoms with Crippen molar-refractivity contribution in [2.24, 2.45) is 0 Å². The lowest BCUT2D eigenvalue weighted by Crippen LogP contribution is -2.28. The Labute approximate surface area is 159 Å². The van der Waals surface area contributed by atoms with Gasteiger partial charge in [-0.05, 0) is 48.4 Å². The van der Waals surface area contributed by atoms with Crippen molar-refractivity contribution in [1.29, 1.82) is 0 Å². The molecular formula is C22H24N4O. The minimum atomic E-state index is -0.151. The molecule has 27 heavy (non-hydrogen) atoms. The Morgan fingerprint density at radius 1 is 1.15 bits per heavy atom. The number of carbonyl (C=O) groups excluding carboxylic acids is 1. The monoisotopic (exact) mass is 360 g/mol. The molecule has 1 aromatic heterocycles. The summed E-state index contributed by atoms with van der Waals surface area (Å²) in [6.45, 7) is 4.66. The molecule has 138 valence electrons. The number of carbonyl (C=O) groups is 1. The molecule has 1 N–H and O–H groups in total. The van der Waals surface area contributed by atoms with E-state index in [1.165, 1.54) is 16.7 Å². The zero-order chi connectivity index (χ0) is 18.8. The van der Waals surface area contributed by atoms with E-state index in [0.717, 1.165) is 30.5 Å². The van der Waals surface area contributed by atoms with Gasteiger partial charge >= 0.3 is 0 Å². The molecule has 0 saturated carbocycles. The van der Waals surface area contributed by atoms with Crippen LogP contribution in [0.5, 0.6) is 0 Å². The van der Waals surface area contributed by atoms with Crippen LogP contribution < -0.4 is 5.32 Å². The van der Waals surface area contributed by atoms with Gasteiger partial charge in [-0.2, -0.15) is 0 Å². The fraction of sp³-hybridized carbons (Fsp3) is 0.318. The number of hydrogen-bond acceptors (Lipinski definition) is 3. The predicted octanol–water partition coefficient (Wildman–Crippen LogP) is 3.61. The predicted molar refractivity (Wildman–Crippen MR) is 105 cm³/mol. The van der Waals surface area contributed by atoms with Crippen LogP contribution in [0.3, 0.4) is 0 Å². The van der Waals surface area contributed by atoms with E-state index in [1.807, 2.05) is 19.1 Å². The second-order valence-corrected chi connectivity index (χ2v) is 7.11. The van der Waals surface area contributed by atoms with E-state index in [4.69, 9.17) is 0 Å². The number of fused-ring (bicyclic) bond motifs is 1. The molecule has 1 amide bonds. The second kappa shape index (κ2) is 7.35. The number of nitrogens with zero attached hydrogens (tertiary/aromatic N) is 3. The first-order valence-corrected chi connectivity index (χ1v) is 9.52. The Kier molecular flexibility index (Phi) is 4.75. The van der Waals surface area contributed by atoms with E-state index in [1.54, 1.807) is 4.68 Å². The Bertz CT molecular complexity index is 959. The Morgan fingerprint density at radius 2 is 1.89 bits per heavy atom. The molecule has 3 aromatic rings. The number of benzene rings is 2. The third-order valence-electron chi connectivity index (χ3n) is 5.40. The molecule has 5 heteroatoms. The maximum atomic E-state index is 12.8. The lowest BCUT2D eigenvalue weighted by atomic mass is 10.1. The average Bonchev–Trinajstić information content (AvgIpc) is 3.26. The van der Waals surface area contributed by atoms with Crippen LogP contribution >= 0.6 is 0 Å². The number of rotatable bonds is 5. The summed E-state index contributed by atoms with van der Waals surface area (Å²) in [5.41, 5.74) is 6.19.